The van der Waals surface area contributed by atoms with Crippen LogP contribution in [0.3, 0.4) is 0 Å². The molecule has 12 rings (SSSR count). The quantitative estimate of drug-likeness (QED) is 0.103. The third kappa shape index (κ3) is 9.06. The molecule has 0 unspecified atom stereocenters. The minimum absolute atomic E-state index is 0.368. The molecule has 0 saturated heterocycles. The Morgan fingerprint density at radius 1 is 0.212 bits per heavy atom. The van der Waals surface area contributed by atoms with Gasteiger partial charge in [0.15, 0.2) is 0 Å². The second-order valence-corrected chi connectivity index (χ2v) is 35.6. The summed E-state index contributed by atoms with van der Waals surface area (Å²) in [5.41, 5.74) is 3.95. The molecule has 438 valence electrons. The van der Waals surface area contributed by atoms with Gasteiger partial charge in [0, 0.05) is 0 Å². The molecule has 0 radical (unpaired) electrons. The molecule has 0 bridgehead atoms. The first kappa shape index (κ1) is 57.3. The van der Waals surface area contributed by atoms with Crippen molar-refractivity contribution in [2.24, 2.45) is 0 Å². The number of sulfone groups is 6. The van der Waals surface area contributed by atoms with Gasteiger partial charge in [-0.3, -0.25) is 0 Å². The maximum absolute atomic E-state index is 15.0. The van der Waals surface area contributed by atoms with Crippen molar-refractivity contribution >= 4 is 66.3 Å². The van der Waals surface area contributed by atoms with E-state index in [-0.39, 0.29) is 29.4 Å². The van der Waals surface area contributed by atoms with Crippen LogP contribution in [0.4, 0.5) is 0 Å². The topological polar surface area (TPSA) is 260 Å². The first-order valence-corrected chi connectivity index (χ1v) is 36.8. The number of benzene rings is 9. The molecule has 85 heavy (non-hydrogen) atoms. The van der Waals surface area contributed by atoms with Gasteiger partial charge in [0.1, 0.15) is 0 Å². The Balaban J connectivity index is 1.15. The standard InChI is InChI=1S/C60H48O18PS6/c1-37-7-19-43(20-8-37)80(61,62)55-31-49-50(32-56(55)81(63,64)44-21-9-38(2)10-22-44)74-79(73-49,75-51-33-57(82(65,66)45-23-11-39(3)12-24-45)58(34-52(51)76-79)83(67,68)46-25-13-40(4)14-26-46)77-53-35-59(84(69,70)47-27-15-41(5)16-28-47)60(36-54(53)78-79)85(71,72)48-29-17-42(6)18-30-48/h7-36H,1-6H3/q-1. The summed E-state index contributed by atoms with van der Waals surface area (Å²) in [5.74, 6) is -4.39. The molecule has 0 N–H and O–H groups in total. The number of aryl methyl sites for hydroxylation is 6. The Morgan fingerprint density at radius 3 is 0.447 bits per heavy atom. The molecule has 0 amide bonds. The molecule has 3 aliphatic rings. The van der Waals surface area contributed by atoms with Crippen molar-refractivity contribution in [3.8, 4) is 34.5 Å². The van der Waals surface area contributed by atoms with Gasteiger partial charge >= 0.3 is 494 Å². The van der Waals surface area contributed by atoms with Gasteiger partial charge in [0.05, 0.1) is 0 Å². The summed E-state index contributed by atoms with van der Waals surface area (Å²) < 4.78 is 221. The fourth-order valence-electron chi connectivity index (χ4n) is 9.81. The van der Waals surface area contributed by atoms with Crippen LogP contribution in [-0.4, -0.2) is 50.5 Å². The van der Waals surface area contributed by atoms with E-state index in [2.05, 4.69) is 0 Å². The summed E-state index contributed by atoms with van der Waals surface area (Å²) in [7, 11) is -37.4. The van der Waals surface area contributed by atoms with Crippen LogP contribution in [0.5, 0.6) is 34.5 Å². The molecule has 3 heterocycles. The SMILES string of the molecule is Cc1ccc(S(=O)(=O)c2cc3c(cc2S(=O)(=O)c2ccc(C)cc2)O[P-]24(O3)(Oc3cc(S(=O)(=O)c5ccc(C)cc5)c(S(=O)(=O)c5ccc(C)cc5)cc3O2)Oc2cc(S(=O)(=O)c3ccc(C)cc3)c(S(=O)(=O)c3ccc(C)cc3)cc2O4)cc1. The van der Waals surface area contributed by atoms with Crippen LogP contribution in [0.2, 0.25) is 0 Å². The third-order valence-corrected chi connectivity index (χ3v) is 29.1. The average Bonchev–Trinajstić information content (AvgIpc) is 1.46. The average molecular weight is 1280 g/mol. The van der Waals surface area contributed by atoms with Gasteiger partial charge in [-0.25, -0.2) is 0 Å². The fourth-order valence-corrected chi connectivity index (χ4v) is 23.6. The van der Waals surface area contributed by atoms with Gasteiger partial charge in [-0.15, -0.1) is 0 Å². The van der Waals surface area contributed by atoms with Crippen molar-refractivity contribution in [1.82, 2.24) is 0 Å². The Morgan fingerprint density at radius 2 is 0.329 bits per heavy atom. The maximum atomic E-state index is 15.0. The molecule has 0 atom stereocenters. The molecule has 3 aliphatic heterocycles. The Bertz CT molecular complexity index is 4250. The molecule has 0 aliphatic carbocycles. The molecule has 9 aromatic rings. The van der Waals surface area contributed by atoms with Crippen LogP contribution in [0, 0.1) is 41.5 Å². The molecule has 25 heteroatoms. The summed E-state index contributed by atoms with van der Waals surface area (Å²) in [5, 5.41) is 0. The molecular formula is C60H48O18PS6-. The van der Waals surface area contributed by atoms with E-state index in [0.29, 0.717) is 33.4 Å². The Labute approximate surface area is 490 Å². The Hall–Kier alpha value is -8.09. The van der Waals surface area contributed by atoms with Crippen molar-refractivity contribution < 1.29 is 77.6 Å². The van der Waals surface area contributed by atoms with Crippen LogP contribution < -0.4 is 27.1 Å². The zero-order valence-electron chi connectivity index (χ0n) is 45.6. The monoisotopic (exact) mass is 1280 g/mol. The van der Waals surface area contributed by atoms with Crippen LogP contribution in [0.25, 0.3) is 0 Å². The van der Waals surface area contributed by atoms with Crippen LogP contribution in [-0.2, 0) is 59.0 Å². The first-order chi connectivity index (χ1) is 39.8. The molecule has 18 nitrogen and oxygen atoms in total. The van der Waals surface area contributed by atoms with Gasteiger partial charge in [0.25, 0.3) is 0 Å². The summed E-state index contributed by atoms with van der Waals surface area (Å²) in [6.45, 7) is 10.2. The van der Waals surface area contributed by atoms with Gasteiger partial charge in [-0.05, 0) is 0 Å². The van der Waals surface area contributed by atoms with E-state index in [0.717, 1.165) is 36.4 Å². The van der Waals surface area contributed by atoms with Crippen LogP contribution in [0.15, 0.2) is 241 Å². The van der Waals surface area contributed by atoms with Crippen molar-refractivity contribution in [2.45, 2.75) is 100 Å². The number of fused-ring (bicyclic) bond motifs is 3. The van der Waals surface area contributed by atoms with E-state index >= 15 is 50.5 Å². The summed E-state index contributed by atoms with van der Waals surface area (Å²) in [6.07, 6.45) is 0. The van der Waals surface area contributed by atoms with Gasteiger partial charge < -0.3 is 0 Å². The van der Waals surface area contributed by atoms with Crippen LogP contribution >= 0.6 is 7.31 Å². The molecule has 0 fully saturated rings. The summed E-state index contributed by atoms with van der Waals surface area (Å²) in [4.78, 5) is -7.55. The third-order valence-electron chi connectivity index (χ3n) is 14.5. The Kier molecular flexibility index (Phi) is 12.6. The zero-order valence-corrected chi connectivity index (χ0v) is 51.4. The van der Waals surface area contributed by atoms with Crippen LogP contribution in [0.1, 0.15) is 33.4 Å². The van der Waals surface area contributed by atoms with Crippen molar-refractivity contribution in [2.75, 3.05) is 0 Å². The second kappa shape index (κ2) is 18.7. The van der Waals surface area contributed by atoms with Gasteiger partial charge in [-0.1, -0.05) is 0 Å². The van der Waals surface area contributed by atoms with Crippen molar-refractivity contribution in [3.63, 3.8) is 0 Å². The first-order valence-electron chi connectivity index (χ1n) is 25.7. The van der Waals surface area contributed by atoms with E-state index in [1.165, 1.54) is 146 Å². The molecule has 0 saturated carbocycles. The summed E-state index contributed by atoms with van der Waals surface area (Å²) >= 11 is 0. The minimum atomic E-state index is -7.90. The molecule has 9 aromatic carbocycles. The van der Waals surface area contributed by atoms with Gasteiger partial charge in [0.2, 0.25) is 0 Å². The van der Waals surface area contributed by atoms with E-state index in [1.54, 1.807) is 41.5 Å². The zero-order chi connectivity index (χ0) is 60.7. The number of hydrogen-bond acceptors (Lipinski definition) is 18. The summed E-state index contributed by atoms with van der Waals surface area (Å²) in [6, 6.07) is 37.5. The predicted octanol–water partition coefficient (Wildman–Crippen LogP) is 11.8. The van der Waals surface area contributed by atoms with Crippen molar-refractivity contribution in [1.29, 1.82) is 0 Å². The fraction of sp³-hybridized carbons (Fsp3) is 0.100. The van der Waals surface area contributed by atoms with E-state index in [4.69, 9.17) is 27.1 Å². The molecule has 1 spiro atoms. The second-order valence-electron chi connectivity index (χ2n) is 20.8. The van der Waals surface area contributed by atoms with E-state index in [1.807, 2.05) is 0 Å². The van der Waals surface area contributed by atoms with E-state index < -0.39 is 130 Å². The number of rotatable bonds is 12. The predicted molar refractivity (Wildman–Crippen MR) is 310 cm³/mol. The molecule has 0 aromatic heterocycles. The van der Waals surface area contributed by atoms with E-state index in [9.17, 15) is 0 Å². The number of hydrogen-bond donors (Lipinski definition) is 0. The van der Waals surface area contributed by atoms with Gasteiger partial charge in [-0.2, -0.15) is 0 Å². The normalized spacial score (nSPS) is 16.3. The van der Waals surface area contributed by atoms with Crippen molar-refractivity contribution in [3.05, 3.63) is 215 Å². The molecular weight excluding hydrogens is 1230 g/mol.